The Bertz CT molecular complexity index is 1040. The predicted octanol–water partition coefficient (Wildman–Crippen LogP) is 3.33. The molecular weight excluding hydrogens is 354 g/mol. The van der Waals surface area contributed by atoms with E-state index in [9.17, 15) is 9.59 Å². The van der Waals surface area contributed by atoms with Crippen LogP contribution in [0.4, 0.5) is 4.79 Å². The van der Waals surface area contributed by atoms with Crippen LogP contribution in [0.3, 0.4) is 0 Å². The maximum atomic E-state index is 12.7. The van der Waals surface area contributed by atoms with Crippen molar-refractivity contribution < 1.29 is 14.3 Å². The van der Waals surface area contributed by atoms with E-state index in [1.54, 1.807) is 0 Å². The molecule has 28 heavy (non-hydrogen) atoms. The number of rotatable bonds is 6. The normalized spacial score (nSPS) is 16.6. The van der Waals surface area contributed by atoms with Crippen molar-refractivity contribution in [3.8, 4) is 5.75 Å². The fourth-order valence-corrected chi connectivity index (χ4v) is 3.56. The molecule has 2 aromatic carbocycles. The van der Waals surface area contributed by atoms with Gasteiger partial charge in [-0.2, -0.15) is 0 Å². The van der Waals surface area contributed by atoms with Crippen molar-refractivity contribution in [3.63, 3.8) is 0 Å². The molecule has 2 N–H and O–H groups in total. The lowest BCUT2D eigenvalue weighted by Gasteiger charge is -2.15. The van der Waals surface area contributed by atoms with Gasteiger partial charge in [0.15, 0.2) is 0 Å². The van der Waals surface area contributed by atoms with Crippen LogP contribution in [0.15, 0.2) is 48.7 Å². The second-order valence-electron chi connectivity index (χ2n) is 7.17. The van der Waals surface area contributed by atoms with E-state index in [4.69, 9.17) is 4.74 Å². The number of carbonyl (C=O) groups is 2. The topological polar surface area (TPSA) is 74.4 Å². The SMILES string of the molecule is Cc1ccc(C)c(OCCN2C(=O)N[C@@H](Cc3c[nH]c4ccccc34)C2=O)c1. The Morgan fingerprint density at radius 2 is 1.93 bits per heavy atom. The van der Waals surface area contributed by atoms with Gasteiger partial charge in [-0.1, -0.05) is 30.3 Å². The number of hydrogen-bond acceptors (Lipinski definition) is 3. The van der Waals surface area contributed by atoms with E-state index in [1.165, 1.54) is 4.90 Å². The largest absolute Gasteiger partial charge is 0.491 e. The standard InChI is InChI=1S/C22H23N3O3/c1-14-7-8-15(2)20(11-14)28-10-9-25-21(26)19(24-22(25)27)12-16-13-23-18-6-4-3-5-17(16)18/h3-8,11,13,19,23H,9-10,12H2,1-2H3,(H,24,27)/t19-/m0/s1. The highest BCUT2D eigenvalue weighted by Gasteiger charge is 2.38. The molecule has 1 aliphatic heterocycles. The van der Waals surface area contributed by atoms with Crippen LogP contribution in [0, 0.1) is 13.8 Å². The Hall–Kier alpha value is -3.28. The fourth-order valence-electron chi connectivity index (χ4n) is 3.56. The molecule has 6 heteroatoms. The fraction of sp³-hybridized carbons (Fsp3) is 0.273. The number of H-pyrrole nitrogens is 1. The number of amides is 3. The van der Waals surface area contributed by atoms with Gasteiger partial charge in [0.1, 0.15) is 18.4 Å². The van der Waals surface area contributed by atoms with Crippen LogP contribution >= 0.6 is 0 Å². The average Bonchev–Trinajstić information content (AvgIpc) is 3.20. The first kappa shape index (κ1) is 18.1. The lowest BCUT2D eigenvalue weighted by molar-refractivity contribution is -0.127. The molecule has 0 spiro atoms. The van der Waals surface area contributed by atoms with Crippen molar-refractivity contribution >= 4 is 22.8 Å². The molecule has 0 bridgehead atoms. The van der Waals surface area contributed by atoms with Gasteiger partial charge in [-0.15, -0.1) is 0 Å². The molecule has 3 aromatic rings. The number of nitrogens with zero attached hydrogens (tertiary/aromatic N) is 1. The minimum Gasteiger partial charge on any atom is -0.491 e. The van der Waals surface area contributed by atoms with Crippen molar-refractivity contribution in [2.45, 2.75) is 26.3 Å². The third kappa shape index (κ3) is 3.45. The maximum Gasteiger partial charge on any atom is 0.324 e. The maximum absolute atomic E-state index is 12.7. The summed E-state index contributed by atoms with van der Waals surface area (Å²) >= 11 is 0. The lowest BCUT2D eigenvalue weighted by Crippen LogP contribution is -2.35. The molecule has 3 amide bonds. The summed E-state index contributed by atoms with van der Waals surface area (Å²) in [5.74, 6) is 0.572. The Morgan fingerprint density at radius 3 is 2.79 bits per heavy atom. The lowest BCUT2D eigenvalue weighted by atomic mass is 10.1. The van der Waals surface area contributed by atoms with Gasteiger partial charge in [0.25, 0.3) is 5.91 Å². The van der Waals surface area contributed by atoms with E-state index in [0.29, 0.717) is 6.42 Å². The molecule has 1 fully saturated rings. The number of benzene rings is 2. The molecule has 0 radical (unpaired) electrons. The quantitative estimate of drug-likeness (QED) is 0.647. The molecule has 0 unspecified atom stereocenters. The summed E-state index contributed by atoms with van der Waals surface area (Å²) in [7, 11) is 0. The summed E-state index contributed by atoms with van der Waals surface area (Å²) in [5, 5.41) is 3.86. The third-order valence-electron chi connectivity index (χ3n) is 5.12. The molecule has 2 heterocycles. The highest BCUT2D eigenvalue weighted by atomic mass is 16.5. The van der Waals surface area contributed by atoms with Crippen LogP contribution in [-0.2, 0) is 11.2 Å². The van der Waals surface area contributed by atoms with Crippen molar-refractivity contribution in [2.24, 2.45) is 0 Å². The average molecular weight is 377 g/mol. The van der Waals surface area contributed by atoms with Gasteiger partial charge in [0.2, 0.25) is 0 Å². The first-order valence-electron chi connectivity index (χ1n) is 9.40. The Labute approximate surface area is 163 Å². The number of aromatic nitrogens is 1. The molecule has 1 saturated heterocycles. The predicted molar refractivity (Wildman–Crippen MR) is 107 cm³/mol. The van der Waals surface area contributed by atoms with E-state index in [-0.39, 0.29) is 25.1 Å². The van der Waals surface area contributed by atoms with Gasteiger partial charge >= 0.3 is 6.03 Å². The molecule has 144 valence electrons. The highest BCUT2D eigenvalue weighted by Crippen LogP contribution is 2.22. The monoisotopic (exact) mass is 377 g/mol. The molecule has 0 aliphatic carbocycles. The van der Waals surface area contributed by atoms with Crippen molar-refractivity contribution in [2.75, 3.05) is 13.2 Å². The van der Waals surface area contributed by atoms with Crippen LogP contribution in [0.2, 0.25) is 0 Å². The summed E-state index contributed by atoms with van der Waals surface area (Å²) < 4.78 is 5.80. The Morgan fingerprint density at radius 1 is 1.11 bits per heavy atom. The summed E-state index contributed by atoms with van der Waals surface area (Å²) in [4.78, 5) is 29.4. The number of carbonyl (C=O) groups excluding carboxylic acids is 2. The molecule has 4 rings (SSSR count). The second-order valence-corrected chi connectivity index (χ2v) is 7.17. The van der Waals surface area contributed by atoms with Gasteiger partial charge in [-0.05, 0) is 42.7 Å². The smallest absolute Gasteiger partial charge is 0.324 e. The van der Waals surface area contributed by atoms with Gasteiger partial charge in [-0.25, -0.2) is 4.79 Å². The first-order valence-corrected chi connectivity index (χ1v) is 9.40. The van der Waals surface area contributed by atoms with Gasteiger partial charge in [-0.3, -0.25) is 9.69 Å². The Kier molecular flexibility index (Phi) is 4.77. The number of aromatic amines is 1. The zero-order valence-electron chi connectivity index (χ0n) is 16.0. The van der Waals surface area contributed by atoms with Crippen molar-refractivity contribution in [1.82, 2.24) is 15.2 Å². The van der Waals surface area contributed by atoms with Crippen LogP contribution in [0.5, 0.6) is 5.75 Å². The molecule has 1 atom stereocenters. The zero-order chi connectivity index (χ0) is 19.7. The molecule has 1 aliphatic rings. The molecule has 0 saturated carbocycles. The number of aryl methyl sites for hydroxylation is 2. The number of nitrogens with one attached hydrogen (secondary N) is 2. The van der Waals surface area contributed by atoms with E-state index >= 15 is 0 Å². The summed E-state index contributed by atoms with van der Waals surface area (Å²) in [5.41, 5.74) is 4.17. The molecule has 1 aromatic heterocycles. The highest BCUT2D eigenvalue weighted by molar-refractivity contribution is 6.04. The van der Waals surface area contributed by atoms with Crippen LogP contribution < -0.4 is 10.1 Å². The third-order valence-corrected chi connectivity index (χ3v) is 5.12. The number of imide groups is 1. The Balaban J connectivity index is 1.39. The van der Waals surface area contributed by atoms with E-state index in [0.717, 1.165) is 33.3 Å². The minimum absolute atomic E-state index is 0.208. The summed E-state index contributed by atoms with van der Waals surface area (Å²) in [6.45, 7) is 4.46. The molecular formula is C22H23N3O3. The number of urea groups is 1. The van der Waals surface area contributed by atoms with Crippen LogP contribution in [0.25, 0.3) is 10.9 Å². The van der Waals surface area contributed by atoms with E-state index in [2.05, 4.69) is 10.3 Å². The van der Waals surface area contributed by atoms with Gasteiger partial charge in [0.05, 0.1) is 6.54 Å². The summed E-state index contributed by atoms with van der Waals surface area (Å²) in [6.07, 6.45) is 2.36. The van der Waals surface area contributed by atoms with E-state index < -0.39 is 6.04 Å². The molecule has 6 nitrogen and oxygen atoms in total. The first-order chi connectivity index (χ1) is 13.5. The van der Waals surface area contributed by atoms with Gasteiger partial charge in [0, 0.05) is 23.5 Å². The van der Waals surface area contributed by atoms with Crippen molar-refractivity contribution in [1.29, 1.82) is 0 Å². The van der Waals surface area contributed by atoms with Crippen molar-refractivity contribution in [3.05, 3.63) is 65.4 Å². The second kappa shape index (κ2) is 7.38. The number of hydrogen-bond donors (Lipinski definition) is 2. The summed E-state index contributed by atoms with van der Waals surface area (Å²) in [6, 6.07) is 13.0. The van der Waals surface area contributed by atoms with E-state index in [1.807, 2.05) is 62.5 Å². The minimum atomic E-state index is -0.549. The number of ether oxygens (including phenoxy) is 1. The van der Waals surface area contributed by atoms with Gasteiger partial charge < -0.3 is 15.0 Å². The number of fused-ring (bicyclic) bond motifs is 1. The number of para-hydroxylation sites is 1. The van der Waals surface area contributed by atoms with Crippen LogP contribution in [0.1, 0.15) is 16.7 Å². The zero-order valence-corrected chi connectivity index (χ0v) is 16.0. The van der Waals surface area contributed by atoms with Crippen LogP contribution in [-0.4, -0.2) is 41.0 Å².